The third-order valence-electron chi connectivity index (χ3n) is 4.51. The average Bonchev–Trinajstić information content (AvgIpc) is 2.78. The van der Waals surface area contributed by atoms with Crippen molar-refractivity contribution in [2.45, 2.75) is 44.9 Å². The summed E-state index contributed by atoms with van der Waals surface area (Å²) in [5, 5.41) is 6.85. The van der Waals surface area contributed by atoms with Crippen LogP contribution in [0.15, 0.2) is 0 Å². The molecular weight excluding hydrogens is 214 g/mol. The van der Waals surface area contributed by atoms with Gasteiger partial charge >= 0.3 is 0 Å². The second-order valence-electron chi connectivity index (χ2n) is 5.57. The zero-order chi connectivity index (χ0) is 11.7. The zero-order valence-electron chi connectivity index (χ0n) is 10.3. The fraction of sp³-hybridized carbons (Fsp3) is 0.833. The normalized spacial score (nSPS) is 24.1. The summed E-state index contributed by atoms with van der Waals surface area (Å²) >= 11 is 0. The van der Waals surface area contributed by atoms with E-state index in [0.29, 0.717) is 11.4 Å². The summed E-state index contributed by atoms with van der Waals surface area (Å²) in [6, 6.07) is 0. The minimum Gasteiger partial charge on any atom is -0.368 e. The minimum absolute atomic E-state index is 0.415. The van der Waals surface area contributed by atoms with Gasteiger partial charge in [0, 0.05) is 13.1 Å². The lowest BCUT2D eigenvalue weighted by Gasteiger charge is -2.44. The molecule has 2 heterocycles. The third kappa shape index (κ3) is 2.10. The summed E-state index contributed by atoms with van der Waals surface area (Å²) in [5.41, 5.74) is 6.20. The van der Waals surface area contributed by atoms with Crippen molar-refractivity contribution in [1.29, 1.82) is 0 Å². The summed E-state index contributed by atoms with van der Waals surface area (Å²) in [5.74, 6) is 1.19. The van der Waals surface area contributed by atoms with E-state index in [4.69, 9.17) is 5.73 Å². The van der Waals surface area contributed by atoms with Crippen molar-refractivity contribution in [3.8, 4) is 0 Å². The van der Waals surface area contributed by atoms with Crippen LogP contribution in [-0.2, 0) is 0 Å². The maximum atomic E-state index is 5.57. The van der Waals surface area contributed by atoms with E-state index in [0.717, 1.165) is 19.0 Å². The Kier molecular flexibility index (Phi) is 2.68. The Labute approximate surface area is 102 Å². The minimum atomic E-state index is 0.415. The summed E-state index contributed by atoms with van der Waals surface area (Å²) in [6.45, 7) is 2.16. The van der Waals surface area contributed by atoms with Gasteiger partial charge in [-0.25, -0.2) is 5.10 Å². The molecule has 0 amide bonds. The topological polar surface area (TPSA) is 70.8 Å². The molecule has 17 heavy (non-hydrogen) atoms. The fourth-order valence-corrected chi connectivity index (χ4v) is 3.39. The number of hydrogen-bond donors (Lipinski definition) is 2. The van der Waals surface area contributed by atoms with Gasteiger partial charge in [0.25, 0.3) is 0 Å². The number of H-pyrrole nitrogens is 1. The molecule has 0 radical (unpaired) electrons. The molecule has 1 saturated heterocycles. The second-order valence-corrected chi connectivity index (χ2v) is 5.57. The van der Waals surface area contributed by atoms with Crippen LogP contribution in [0.25, 0.3) is 0 Å². The smallest absolute Gasteiger partial charge is 0.246 e. The van der Waals surface area contributed by atoms with Crippen LogP contribution in [0, 0.1) is 5.41 Å². The second kappa shape index (κ2) is 4.20. The number of nitrogen functional groups attached to an aromatic ring is 1. The molecule has 94 valence electrons. The number of nitrogens with zero attached hydrogens (tertiary/aromatic N) is 3. The van der Waals surface area contributed by atoms with Gasteiger partial charge in [0.05, 0.1) is 0 Å². The van der Waals surface area contributed by atoms with Crippen LogP contribution < -0.4 is 10.6 Å². The van der Waals surface area contributed by atoms with Crippen molar-refractivity contribution >= 4 is 11.9 Å². The maximum Gasteiger partial charge on any atom is 0.246 e. The Balaban J connectivity index is 1.63. The Bertz CT molecular complexity index is 370. The lowest BCUT2D eigenvalue weighted by Crippen LogP contribution is -2.41. The number of anilines is 2. The van der Waals surface area contributed by atoms with Crippen LogP contribution in [0.2, 0.25) is 0 Å². The monoisotopic (exact) mass is 235 g/mol. The van der Waals surface area contributed by atoms with Gasteiger partial charge in [-0.15, -0.1) is 5.10 Å². The molecule has 2 aliphatic rings. The SMILES string of the molecule is Nc1nc(N2CCC3(CCCCC3)CC2)n[nH]1. The molecule has 1 spiro atoms. The number of rotatable bonds is 1. The van der Waals surface area contributed by atoms with E-state index in [9.17, 15) is 0 Å². The number of aromatic nitrogens is 3. The molecule has 3 N–H and O–H groups in total. The zero-order valence-corrected chi connectivity index (χ0v) is 10.3. The Hall–Kier alpha value is -1.26. The molecule has 0 aromatic carbocycles. The highest BCUT2D eigenvalue weighted by Crippen LogP contribution is 2.44. The standard InChI is InChI=1S/C12H21N5/c13-10-14-11(16-15-10)17-8-6-12(7-9-17)4-2-1-3-5-12/h1-9H2,(H3,13,14,15,16). The third-order valence-corrected chi connectivity index (χ3v) is 4.51. The van der Waals surface area contributed by atoms with Crippen molar-refractivity contribution in [3.63, 3.8) is 0 Å². The molecule has 5 nitrogen and oxygen atoms in total. The van der Waals surface area contributed by atoms with Crippen molar-refractivity contribution in [3.05, 3.63) is 0 Å². The van der Waals surface area contributed by atoms with Crippen LogP contribution >= 0.6 is 0 Å². The largest absolute Gasteiger partial charge is 0.368 e. The first-order valence-electron chi connectivity index (χ1n) is 6.70. The molecule has 1 aliphatic carbocycles. The van der Waals surface area contributed by atoms with Gasteiger partial charge in [0.2, 0.25) is 11.9 Å². The highest BCUT2D eigenvalue weighted by molar-refractivity contribution is 5.34. The predicted octanol–water partition coefficient (Wildman–Crippen LogP) is 1.94. The van der Waals surface area contributed by atoms with E-state index in [1.165, 1.54) is 44.9 Å². The van der Waals surface area contributed by atoms with E-state index >= 15 is 0 Å². The first-order chi connectivity index (χ1) is 8.27. The van der Waals surface area contributed by atoms with Crippen LogP contribution in [0.1, 0.15) is 44.9 Å². The molecule has 1 saturated carbocycles. The van der Waals surface area contributed by atoms with Crippen LogP contribution in [0.4, 0.5) is 11.9 Å². The lowest BCUT2D eigenvalue weighted by molar-refractivity contribution is 0.144. The van der Waals surface area contributed by atoms with Crippen molar-refractivity contribution in [1.82, 2.24) is 15.2 Å². The van der Waals surface area contributed by atoms with E-state index in [-0.39, 0.29) is 0 Å². The summed E-state index contributed by atoms with van der Waals surface area (Å²) in [4.78, 5) is 6.46. The number of aromatic amines is 1. The Morgan fingerprint density at radius 3 is 2.35 bits per heavy atom. The molecule has 0 bridgehead atoms. The van der Waals surface area contributed by atoms with Gasteiger partial charge in [-0.1, -0.05) is 19.3 Å². The van der Waals surface area contributed by atoms with Crippen molar-refractivity contribution < 1.29 is 0 Å². The van der Waals surface area contributed by atoms with Gasteiger partial charge in [0.15, 0.2) is 0 Å². The van der Waals surface area contributed by atoms with Gasteiger partial charge in [0.1, 0.15) is 0 Å². The quantitative estimate of drug-likeness (QED) is 0.780. The highest BCUT2D eigenvalue weighted by Gasteiger charge is 2.36. The summed E-state index contributed by atoms with van der Waals surface area (Å²) in [6.07, 6.45) is 9.72. The van der Waals surface area contributed by atoms with Crippen molar-refractivity contribution in [2.24, 2.45) is 5.41 Å². The van der Waals surface area contributed by atoms with Crippen molar-refractivity contribution in [2.75, 3.05) is 23.7 Å². The maximum absolute atomic E-state index is 5.57. The van der Waals surface area contributed by atoms with Gasteiger partial charge in [-0.05, 0) is 31.1 Å². The molecule has 0 unspecified atom stereocenters. The van der Waals surface area contributed by atoms with E-state index in [2.05, 4.69) is 20.1 Å². The van der Waals surface area contributed by atoms with Gasteiger partial charge in [-0.2, -0.15) is 4.98 Å². The number of piperidine rings is 1. The van der Waals surface area contributed by atoms with Gasteiger partial charge in [-0.3, -0.25) is 0 Å². The van der Waals surface area contributed by atoms with Crippen LogP contribution in [-0.4, -0.2) is 28.3 Å². The molecule has 3 rings (SSSR count). The molecule has 1 aromatic heterocycles. The predicted molar refractivity (Wildman–Crippen MR) is 67.8 cm³/mol. The number of nitrogens with one attached hydrogen (secondary N) is 1. The van der Waals surface area contributed by atoms with E-state index < -0.39 is 0 Å². The fourth-order valence-electron chi connectivity index (χ4n) is 3.39. The lowest BCUT2D eigenvalue weighted by atomic mass is 9.68. The number of hydrogen-bond acceptors (Lipinski definition) is 4. The first-order valence-corrected chi connectivity index (χ1v) is 6.70. The number of nitrogens with two attached hydrogens (primary N) is 1. The highest BCUT2D eigenvalue weighted by atomic mass is 15.4. The first kappa shape index (κ1) is 10.9. The van der Waals surface area contributed by atoms with Crippen LogP contribution in [0.5, 0.6) is 0 Å². The van der Waals surface area contributed by atoms with Crippen LogP contribution in [0.3, 0.4) is 0 Å². The Morgan fingerprint density at radius 1 is 1.06 bits per heavy atom. The van der Waals surface area contributed by atoms with Gasteiger partial charge < -0.3 is 10.6 Å². The molecule has 2 fully saturated rings. The molecule has 1 aliphatic heterocycles. The summed E-state index contributed by atoms with van der Waals surface area (Å²) < 4.78 is 0. The molecular formula is C12H21N5. The molecule has 0 atom stereocenters. The summed E-state index contributed by atoms with van der Waals surface area (Å²) in [7, 11) is 0. The van der Waals surface area contributed by atoms with E-state index in [1.54, 1.807) is 0 Å². The molecule has 5 heteroatoms. The average molecular weight is 235 g/mol. The Morgan fingerprint density at radius 2 is 1.76 bits per heavy atom. The molecule has 1 aromatic rings. The van der Waals surface area contributed by atoms with E-state index in [1.807, 2.05) is 0 Å².